The molecule has 0 saturated heterocycles. The van der Waals surface area contributed by atoms with Crippen molar-refractivity contribution in [3.05, 3.63) is 81.9 Å². The maximum absolute atomic E-state index is 9.53. The lowest BCUT2D eigenvalue weighted by molar-refractivity contribution is -0.941. The molecule has 2 N–H and O–H groups in total. The largest absolute Gasteiger partial charge is 1.00 e. The van der Waals surface area contributed by atoms with Crippen LogP contribution in [0.25, 0.3) is 0 Å². The number of aliphatic hydroxyl groups is 2. The lowest BCUT2D eigenvalue weighted by Gasteiger charge is -2.46. The van der Waals surface area contributed by atoms with E-state index in [2.05, 4.69) is 38.4 Å². The third-order valence-electron chi connectivity index (χ3n) is 13.3. The van der Waals surface area contributed by atoms with Crippen LogP contribution in [0.3, 0.4) is 0 Å². The zero-order valence-electron chi connectivity index (χ0n) is 40.9. The Kier molecular flexibility index (Phi) is 21.4. The van der Waals surface area contributed by atoms with Crippen molar-refractivity contribution < 1.29 is 91.4 Å². The van der Waals surface area contributed by atoms with Gasteiger partial charge in [0.2, 0.25) is 11.5 Å². The number of methoxy groups -OCH3 is 10. The fourth-order valence-corrected chi connectivity index (χ4v) is 9.67. The standard InChI is InChI=1S/2C25H36NO6.2ClH/c2*1-26(9-7-11-27)10-8-18-15-21(28-2)22(29-3)16-19(18)20(26)12-17-13-23(30-4)25(32-6)24(14-17)31-5;;/h2*13-16,20,27H,7-12H2,1-6H3;2*1H/q2*+1;;/p-2/t20-,26+;20-,26-;;/m11../s1. The maximum atomic E-state index is 9.53. The second kappa shape index (κ2) is 25.4. The summed E-state index contributed by atoms with van der Waals surface area (Å²) in [5.74, 6) is 6.74. The van der Waals surface area contributed by atoms with Crippen LogP contribution in [0.2, 0.25) is 0 Å². The van der Waals surface area contributed by atoms with Crippen molar-refractivity contribution in [2.75, 3.05) is 125 Å². The maximum Gasteiger partial charge on any atom is 0.203 e. The lowest BCUT2D eigenvalue weighted by Crippen LogP contribution is -3.00. The molecule has 2 heterocycles. The van der Waals surface area contributed by atoms with E-state index in [1.807, 2.05) is 24.3 Å². The molecule has 16 heteroatoms. The number of aliphatic hydroxyl groups excluding tert-OH is 2. The van der Waals surface area contributed by atoms with Gasteiger partial charge in [0, 0.05) is 62.9 Å². The highest BCUT2D eigenvalue weighted by molar-refractivity contribution is 5.56. The molecule has 4 aromatic carbocycles. The second-order valence-electron chi connectivity index (χ2n) is 16.8. The van der Waals surface area contributed by atoms with Gasteiger partial charge < -0.3 is 91.4 Å². The van der Waals surface area contributed by atoms with E-state index in [-0.39, 0.29) is 50.1 Å². The molecule has 0 radical (unpaired) electrons. The van der Waals surface area contributed by atoms with E-state index in [0.717, 1.165) is 108 Å². The van der Waals surface area contributed by atoms with Crippen LogP contribution < -0.4 is 72.2 Å². The molecule has 368 valence electrons. The molecule has 14 nitrogen and oxygen atoms in total. The van der Waals surface area contributed by atoms with Crippen molar-refractivity contribution in [1.29, 1.82) is 0 Å². The van der Waals surface area contributed by atoms with Crippen LogP contribution in [0.1, 0.15) is 58.3 Å². The quantitative estimate of drug-likeness (QED) is 0.122. The number of fused-ring (bicyclic) bond motifs is 2. The summed E-state index contributed by atoms with van der Waals surface area (Å²) in [6.07, 6.45) is 4.96. The fraction of sp³-hybridized carbons (Fsp3) is 0.520. The number of halogens is 2. The van der Waals surface area contributed by atoms with Gasteiger partial charge in [-0.2, -0.15) is 0 Å². The van der Waals surface area contributed by atoms with Gasteiger partial charge in [-0.1, -0.05) is 0 Å². The smallest absolute Gasteiger partial charge is 0.203 e. The summed E-state index contributed by atoms with van der Waals surface area (Å²) in [5, 5.41) is 19.1. The van der Waals surface area contributed by atoms with Crippen LogP contribution in [-0.2, 0) is 25.7 Å². The number of hydrogen-bond donors (Lipinski definition) is 2. The van der Waals surface area contributed by atoms with Gasteiger partial charge in [0.1, 0.15) is 12.1 Å². The molecule has 0 unspecified atom stereocenters. The number of benzene rings is 4. The Labute approximate surface area is 404 Å². The van der Waals surface area contributed by atoms with Gasteiger partial charge in [0.05, 0.1) is 111 Å². The van der Waals surface area contributed by atoms with E-state index in [0.29, 0.717) is 34.5 Å². The molecule has 0 bridgehead atoms. The Bertz CT molecular complexity index is 1980. The van der Waals surface area contributed by atoms with Gasteiger partial charge in [-0.05, 0) is 70.8 Å². The topological polar surface area (TPSA) is 133 Å². The van der Waals surface area contributed by atoms with Gasteiger partial charge in [0.15, 0.2) is 46.0 Å². The first-order valence-electron chi connectivity index (χ1n) is 21.9. The molecule has 0 saturated carbocycles. The number of nitrogens with zero attached hydrogens (tertiary/aromatic N) is 2. The summed E-state index contributed by atoms with van der Waals surface area (Å²) in [6, 6.07) is 16.9. The van der Waals surface area contributed by atoms with Crippen LogP contribution in [-0.4, -0.2) is 144 Å². The van der Waals surface area contributed by atoms with Crippen molar-refractivity contribution in [1.82, 2.24) is 0 Å². The number of quaternary nitrogens is 2. The number of ether oxygens (including phenoxy) is 10. The Hall–Kier alpha value is -4.70. The summed E-state index contributed by atoms with van der Waals surface area (Å²) in [4.78, 5) is 0. The number of rotatable bonds is 20. The third-order valence-corrected chi connectivity index (χ3v) is 13.3. The van der Waals surface area contributed by atoms with Crippen molar-refractivity contribution in [2.45, 2.75) is 50.6 Å². The summed E-state index contributed by atoms with van der Waals surface area (Å²) in [6.45, 7) is 4.11. The van der Waals surface area contributed by atoms with Crippen LogP contribution in [0.4, 0.5) is 0 Å². The highest BCUT2D eigenvalue weighted by atomic mass is 35.5. The predicted octanol–water partition coefficient (Wildman–Crippen LogP) is 0.805. The van der Waals surface area contributed by atoms with Crippen LogP contribution in [0.15, 0.2) is 48.5 Å². The van der Waals surface area contributed by atoms with E-state index in [1.165, 1.54) is 22.3 Å². The van der Waals surface area contributed by atoms with Crippen molar-refractivity contribution in [2.24, 2.45) is 0 Å². The Balaban J connectivity index is 0.000000340. The molecule has 66 heavy (non-hydrogen) atoms. The zero-order chi connectivity index (χ0) is 46.6. The molecule has 6 rings (SSSR count). The Morgan fingerprint density at radius 2 is 0.712 bits per heavy atom. The molecule has 2 aliphatic heterocycles. The van der Waals surface area contributed by atoms with Crippen molar-refractivity contribution >= 4 is 0 Å². The third kappa shape index (κ3) is 12.1. The minimum Gasteiger partial charge on any atom is -1.00 e. The van der Waals surface area contributed by atoms with E-state index in [4.69, 9.17) is 47.4 Å². The van der Waals surface area contributed by atoms with E-state index >= 15 is 0 Å². The summed E-state index contributed by atoms with van der Waals surface area (Å²) >= 11 is 0. The highest BCUT2D eigenvalue weighted by Gasteiger charge is 2.41. The molecule has 0 fully saturated rings. The summed E-state index contributed by atoms with van der Waals surface area (Å²) < 4.78 is 57.3. The number of hydrogen-bond acceptors (Lipinski definition) is 12. The number of likely N-dealkylation sites (N-methyl/N-ethyl adjacent to an activating group) is 2. The molecular formula is C50H72Cl2N2O12. The normalized spacial score (nSPS) is 19.2. The Morgan fingerprint density at radius 3 is 0.970 bits per heavy atom. The van der Waals surface area contributed by atoms with Crippen LogP contribution in [0.5, 0.6) is 57.5 Å². The molecule has 4 aromatic rings. The monoisotopic (exact) mass is 962 g/mol. The van der Waals surface area contributed by atoms with Crippen LogP contribution in [0, 0.1) is 0 Å². The summed E-state index contributed by atoms with van der Waals surface area (Å²) in [5.41, 5.74) is 7.26. The Morgan fingerprint density at radius 1 is 0.424 bits per heavy atom. The minimum atomic E-state index is 0. The van der Waals surface area contributed by atoms with Crippen LogP contribution >= 0.6 is 0 Å². The van der Waals surface area contributed by atoms with Crippen molar-refractivity contribution in [3.8, 4) is 57.5 Å². The van der Waals surface area contributed by atoms with Crippen molar-refractivity contribution in [3.63, 3.8) is 0 Å². The minimum absolute atomic E-state index is 0. The highest BCUT2D eigenvalue weighted by Crippen LogP contribution is 2.47. The van der Waals surface area contributed by atoms with Gasteiger partial charge >= 0.3 is 0 Å². The zero-order valence-corrected chi connectivity index (χ0v) is 42.4. The van der Waals surface area contributed by atoms with Gasteiger partial charge in [0.25, 0.3) is 0 Å². The molecule has 4 atom stereocenters. The first kappa shape index (κ1) is 55.6. The SMILES string of the molecule is COc1cc2c(cc1OC)[C@@H](Cc1cc(OC)c(OC)c(OC)c1)[N@+](C)(CCCO)CC2.COc1cc2c(cc1OC)[C@@H](Cc1cc(OC)c(OC)c(OC)c1)[N@@+](C)(CCCO)CC2.[Cl-].[Cl-]. The van der Waals surface area contributed by atoms with Gasteiger partial charge in [-0.15, -0.1) is 0 Å². The second-order valence-corrected chi connectivity index (χ2v) is 16.8. The first-order valence-corrected chi connectivity index (χ1v) is 21.9. The molecule has 0 amide bonds. The van der Waals surface area contributed by atoms with E-state index in [9.17, 15) is 10.2 Å². The molecule has 0 aromatic heterocycles. The summed E-state index contributed by atoms with van der Waals surface area (Å²) in [7, 11) is 21.0. The molecular weight excluding hydrogens is 891 g/mol. The average molecular weight is 964 g/mol. The first-order chi connectivity index (χ1) is 30.9. The van der Waals surface area contributed by atoms with Gasteiger partial charge in [-0.25, -0.2) is 0 Å². The van der Waals surface area contributed by atoms with E-state index in [1.54, 1.807) is 71.1 Å². The molecule has 0 aliphatic carbocycles. The molecule has 2 aliphatic rings. The van der Waals surface area contributed by atoms with E-state index < -0.39 is 0 Å². The fourth-order valence-electron chi connectivity index (χ4n) is 9.67. The average Bonchev–Trinajstić information content (AvgIpc) is 3.33. The lowest BCUT2D eigenvalue weighted by atomic mass is 9.86. The molecule has 0 spiro atoms. The van der Waals surface area contributed by atoms with Gasteiger partial charge in [-0.3, -0.25) is 0 Å². The predicted molar refractivity (Wildman–Crippen MR) is 247 cm³/mol.